The van der Waals surface area contributed by atoms with Crippen LogP contribution in [0.25, 0.3) is 0 Å². The molecule has 1 aromatic carbocycles. The molecular weight excluding hydrogens is 300 g/mol. The number of phenolic OH excluding ortho intramolecular Hbond substituents is 1. The highest BCUT2D eigenvalue weighted by Gasteiger charge is 2.18. The van der Waals surface area contributed by atoms with Gasteiger partial charge in [0, 0.05) is 18.8 Å². The number of nitrogens with one attached hydrogen (secondary N) is 1. The number of hydrogen-bond donors (Lipinski definition) is 2. The van der Waals surface area contributed by atoms with Crippen molar-refractivity contribution in [3.8, 4) is 5.75 Å². The highest BCUT2D eigenvalue weighted by atomic mass is 35.5. The Balaban J connectivity index is 2.23. The molecule has 2 rings (SSSR count). The number of aromatic nitrogens is 2. The number of aryl methyl sites for hydroxylation is 1. The Hall–Kier alpha value is -2.61. The number of nitrogens with zero attached hydrogens (tertiary/aromatic N) is 3. The van der Waals surface area contributed by atoms with Gasteiger partial charge in [0.2, 0.25) is 0 Å². The van der Waals surface area contributed by atoms with E-state index in [1.807, 2.05) is 6.92 Å². The van der Waals surface area contributed by atoms with Crippen LogP contribution < -0.4 is 5.32 Å². The van der Waals surface area contributed by atoms with E-state index in [1.165, 1.54) is 23.0 Å². The Bertz CT molecular complexity index is 713. The number of anilines is 1. The Morgan fingerprint density at radius 3 is 2.81 bits per heavy atom. The van der Waals surface area contributed by atoms with E-state index in [0.29, 0.717) is 6.54 Å². The molecular formula is C12H11ClN4O4. The molecule has 2 N–H and O–H groups in total. The molecule has 0 unspecified atom stereocenters. The van der Waals surface area contributed by atoms with Crippen molar-refractivity contribution >= 4 is 28.9 Å². The number of halogens is 1. The Morgan fingerprint density at radius 1 is 1.57 bits per heavy atom. The molecule has 0 fully saturated rings. The number of amides is 1. The van der Waals surface area contributed by atoms with E-state index in [9.17, 15) is 20.0 Å². The maximum atomic E-state index is 12.0. The first kappa shape index (κ1) is 14.8. The maximum absolute atomic E-state index is 12.0. The van der Waals surface area contributed by atoms with Gasteiger partial charge in [-0.15, -0.1) is 0 Å². The third-order valence-electron chi connectivity index (χ3n) is 2.70. The Kier molecular flexibility index (Phi) is 4.08. The van der Waals surface area contributed by atoms with Gasteiger partial charge in [-0.1, -0.05) is 11.6 Å². The summed E-state index contributed by atoms with van der Waals surface area (Å²) in [6.07, 6.45) is 1.51. The molecule has 1 amide bonds. The predicted molar refractivity (Wildman–Crippen MR) is 75.6 cm³/mol. The molecule has 0 aliphatic heterocycles. The first-order chi connectivity index (χ1) is 9.92. The zero-order valence-corrected chi connectivity index (χ0v) is 11.7. The highest BCUT2D eigenvalue weighted by molar-refractivity contribution is 6.34. The molecule has 0 aliphatic carbocycles. The van der Waals surface area contributed by atoms with Crippen molar-refractivity contribution < 1.29 is 14.8 Å². The summed E-state index contributed by atoms with van der Waals surface area (Å²) in [5.41, 5.74) is -0.234. The number of nitro benzene ring substituents is 1. The normalized spacial score (nSPS) is 10.4. The fraction of sp³-hybridized carbons (Fsp3) is 0.167. The molecule has 0 saturated carbocycles. The predicted octanol–water partition coefficient (Wildman–Crippen LogP) is 2.42. The van der Waals surface area contributed by atoms with Crippen LogP contribution in [0.2, 0.25) is 5.02 Å². The lowest BCUT2D eigenvalue weighted by molar-refractivity contribution is -0.384. The summed E-state index contributed by atoms with van der Waals surface area (Å²) < 4.78 is 1.49. The number of nitro groups is 1. The molecule has 9 heteroatoms. The number of carbonyl (C=O) groups is 1. The molecule has 110 valence electrons. The van der Waals surface area contributed by atoms with E-state index < -0.39 is 16.6 Å². The average molecular weight is 311 g/mol. The Morgan fingerprint density at radius 2 is 2.29 bits per heavy atom. The third-order valence-corrected chi connectivity index (χ3v) is 2.97. The molecule has 0 atom stereocenters. The van der Waals surface area contributed by atoms with Gasteiger partial charge in [-0.25, -0.2) is 0 Å². The molecule has 0 spiro atoms. The molecule has 1 heterocycles. The van der Waals surface area contributed by atoms with Crippen molar-refractivity contribution in [1.82, 2.24) is 9.78 Å². The highest BCUT2D eigenvalue weighted by Crippen LogP contribution is 2.28. The summed E-state index contributed by atoms with van der Waals surface area (Å²) in [6, 6.07) is 3.35. The monoisotopic (exact) mass is 310 g/mol. The third kappa shape index (κ3) is 3.11. The van der Waals surface area contributed by atoms with Crippen LogP contribution in [0.15, 0.2) is 24.4 Å². The summed E-state index contributed by atoms with van der Waals surface area (Å²) in [4.78, 5) is 21.9. The standard InChI is InChI=1S/C12H11ClN4O4/c1-2-16-6-8(13)11(15-16)12(19)14-9-4-3-7(17(20)21)5-10(9)18/h3-6,18H,2H2,1H3,(H,14,19). The summed E-state index contributed by atoms with van der Waals surface area (Å²) in [6.45, 7) is 2.39. The summed E-state index contributed by atoms with van der Waals surface area (Å²) in [5.74, 6) is -1.03. The minimum absolute atomic E-state index is 0.0104. The SMILES string of the molecule is CCn1cc(Cl)c(C(=O)Nc2ccc([N+](=O)[O-])cc2O)n1. The number of benzene rings is 1. The molecule has 1 aromatic heterocycles. The minimum atomic E-state index is -0.648. The van der Waals surface area contributed by atoms with Gasteiger partial charge in [-0.05, 0) is 13.0 Å². The van der Waals surface area contributed by atoms with E-state index in [1.54, 1.807) is 0 Å². The Labute approximate surface area is 124 Å². The first-order valence-corrected chi connectivity index (χ1v) is 6.32. The number of non-ortho nitro benzene ring substituents is 1. The van der Waals surface area contributed by atoms with Gasteiger partial charge >= 0.3 is 0 Å². The lowest BCUT2D eigenvalue weighted by Gasteiger charge is -2.05. The largest absolute Gasteiger partial charge is 0.506 e. The summed E-state index contributed by atoms with van der Waals surface area (Å²) >= 11 is 5.90. The number of rotatable bonds is 4. The molecule has 0 radical (unpaired) electrons. The first-order valence-electron chi connectivity index (χ1n) is 5.94. The van der Waals surface area contributed by atoms with Crippen LogP contribution in [0, 0.1) is 10.1 Å². The molecule has 8 nitrogen and oxygen atoms in total. The van der Waals surface area contributed by atoms with Crippen LogP contribution in [0.3, 0.4) is 0 Å². The van der Waals surface area contributed by atoms with Crippen LogP contribution in [0.1, 0.15) is 17.4 Å². The quantitative estimate of drug-likeness (QED) is 0.512. The van der Waals surface area contributed by atoms with Crippen molar-refractivity contribution in [2.45, 2.75) is 13.5 Å². The second-order valence-corrected chi connectivity index (χ2v) is 4.50. The van der Waals surface area contributed by atoms with Crippen LogP contribution in [0.4, 0.5) is 11.4 Å². The maximum Gasteiger partial charge on any atom is 0.277 e. The van der Waals surface area contributed by atoms with Gasteiger partial charge < -0.3 is 10.4 Å². The van der Waals surface area contributed by atoms with Gasteiger partial charge in [-0.3, -0.25) is 19.6 Å². The van der Waals surface area contributed by atoms with Crippen molar-refractivity contribution in [3.63, 3.8) is 0 Å². The minimum Gasteiger partial charge on any atom is -0.506 e. The number of hydrogen-bond acceptors (Lipinski definition) is 5. The van der Waals surface area contributed by atoms with Gasteiger partial charge in [0.05, 0.1) is 21.7 Å². The second kappa shape index (κ2) is 5.80. The lowest BCUT2D eigenvalue weighted by atomic mass is 10.2. The molecule has 2 aromatic rings. The van der Waals surface area contributed by atoms with Gasteiger partial charge in [0.1, 0.15) is 5.75 Å². The van der Waals surface area contributed by atoms with Crippen LogP contribution in [-0.2, 0) is 6.54 Å². The van der Waals surface area contributed by atoms with Crippen molar-refractivity contribution in [1.29, 1.82) is 0 Å². The zero-order valence-electron chi connectivity index (χ0n) is 10.9. The molecule has 0 aliphatic rings. The second-order valence-electron chi connectivity index (χ2n) is 4.09. The zero-order chi connectivity index (χ0) is 15.6. The molecule has 0 saturated heterocycles. The number of carbonyl (C=O) groups excluding carboxylic acids is 1. The van der Waals surface area contributed by atoms with Gasteiger partial charge in [0.25, 0.3) is 11.6 Å². The topological polar surface area (TPSA) is 110 Å². The van der Waals surface area contributed by atoms with Gasteiger partial charge in [0.15, 0.2) is 5.69 Å². The number of phenols is 1. The van der Waals surface area contributed by atoms with Crippen molar-refractivity contribution in [3.05, 3.63) is 45.2 Å². The fourth-order valence-corrected chi connectivity index (χ4v) is 1.87. The van der Waals surface area contributed by atoms with Gasteiger partial charge in [-0.2, -0.15) is 5.10 Å². The smallest absolute Gasteiger partial charge is 0.277 e. The van der Waals surface area contributed by atoms with Crippen molar-refractivity contribution in [2.24, 2.45) is 0 Å². The van der Waals surface area contributed by atoms with E-state index in [-0.39, 0.29) is 22.1 Å². The van der Waals surface area contributed by atoms with E-state index >= 15 is 0 Å². The van der Waals surface area contributed by atoms with Crippen LogP contribution in [0.5, 0.6) is 5.75 Å². The van der Waals surface area contributed by atoms with E-state index in [4.69, 9.17) is 11.6 Å². The van der Waals surface area contributed by atoms with E-state index in [0.717, 1.165) is 6.07 Å². The fourth-order valence-electron chi connectivity index (χ4n) is 1.63. The summed E-state index contributed by atoms with van der Waals surface area (Å²) in [7, 11) is 0. The lowest BCUT2D eigenvalue weighted by Crippen LogP contribution is -2.14. The van der Waals surface area contributed by atoms with Crippen LogP contribution >= 0.6 is 11.6 Å². The summed E-state index contributed by atoms with van der Waals surface area (Å²) in [5, 5.41) is 26.8. The van der Waals surface area contributed by atoms with E-state index in [2.05, 4.69) is 10.4 Å². The molecule has 21 heavy (non-hydrogen) atoms. The number of aromatic hydroxyl groups is 1. The van der Waals surface area contributed by atoms with Crippen LogP contribution in [-0.4, -0.2) is 25.7 Å². The average Bonchev–Trinajstić information content (AvgIpc) is 2.82. The molecule has 0 bridgehead atoms. The van der Waals surface area contributed by atoms with Crippen molar-refractivity contribution in [2.75, 3.05) is 5.32 Å².